The van der Waals surface area contributed by atoms with Gasteiger partial charge in [-0.2, -0.15) is 0 Å². The first kappa shape index (κ1) is 16.9. The van der Waals surface area contributed by atoms with Crippen LogP contribution >= 0.6 is 0 Å². The zero-order chi connectivity index (χ0) is 17.0. The molecule has 1 fully saturated rings. The molecule has 1 aromatic rings. The molecule has 2 N–H and O–H groups in total. The lowest BCUT2D eigenvalue weighted by molar-refractivity contribution is -0.105. The minimum Gasteiger partial charge on any atom is -0.448 e. The van der Waals surface area contributed by atoms with Gasteiger partial charge in [0.05, 0.1) is 6.61 Å². The van der Waals surface area contributed by atoms with Crippen molar-refractivity contribution in [2.75, 3.05) is 25.0 Å². The third-order valence-corrected chi connectivity index (χ3v) is 4.55. The van der Waals surface area contributed by atoms with Crippen LogP contribution in [0.25, 0.3) is 0 Å². The second-order valence-corrected chi connectivity index (χ2v) is 6.48. The van der Waals surface area contributed by atoms with E-state index in [9.17, 15) is 4.79 Å². The fourth-order valence-corrected chi connectivity index (χ4v) is 3.37. The summed E-state index contributed by atoms with van der Waals surface area (Å²) in [6.45, 7) is 2.90. The number of ether oxygens (including phenoxy) is 2. The van der Waals surface area contributed by atoms with Crippen molar-refractivity contribution in [2.45, 2.75) is 51.2 Å². The van der Waals surface area contributed by atoms with E-state index in [1.54, 1.807) is 4.90 Å². The molecular weight excluding hydrogens is 308 g/mol. The van der Waals surface area contributed by atoms with E-state index in [1.165, 1.54) is 6.42 Å². The minimum absolute atomic E-state index is 0.0446. The molecule has 6 heteroatoms. The molecule has 2 amide bonds. The van der Waals surface area contributed by atoms with Crippen LogP contribution in [-0.4, -0.2) is 41.5 Å². The van der Waals surface area contributed by atoms with Crippen LogP contribution in [0.4, 0.5) is 10.5 Å². The Morgan fingerprint density at radius 1 is 1.21 bits per heavy atom. The summed E-state index contributed by atoms with van der Waals surface area (Å²) in [6.07, 6.45) is 6.12. The Kier molecular flexibility index (Phi) is 5.14. The van der Waals surface area contributed by atoms with Crippen LogP contribution in [0.3, 0.4) is 0 Å². The summed E-state index contributed by atoms with van der Waals surface area (Å²) in [5.74, 6) is 0.934. The smallest absolute Gasteiger partial charge is 0.321 e. The molecule has 1 aliphatic heterocycles. The number of aliphatic hydroxyl groups is 1. The standard InChI is InChI=1S/C18H26N2O4/c1-2-10-20(11-12-21)17(22)19-14-6-7-15-16(13-14)24-18(23-15)8-4-3-5-9-18/h6-7,13,21H,2-5,8-12H2,1H3,(H,19,22). The molecule has 0 unspecified atom stereocenters. The van der Waals surface area contributed by atoms with E-state index in [4.69, 9.17) is 14.6 Å². The number of rotatable bonds is 5. The molecule has 1 aliphatic carbocycles. The highest BCUT2D eigenvalue weighted by Crippen LogP contribution is 2.46. The first-order valence-electron chi connectivity index (χ1n) is 8.85. The van der Waals surface area contributed by atoms with Gasteiger partial charge in [0, 0.05) is 37.7 Å². The van der Waals surface area contributed by atoms with Crippen molar-refractivity contribution in [1.82, 2.24) is 4.90 Å². The third kappa shape index (κ3) is 3.59. The number of nitrogens with zero attached hydrogens (tertiary/aromatic N) is 1. The van der Waals surface area contributed by atoms with Crippen molar-refractivity contribution in [3.05, 3.63) is 18.2 Å². The summed E-state index contributed by atoms with van der Waals surface area (Å²) in [5.41, 5.74) is 0.675. The molecule has 1 saturated carbocycles. The molecule has 1 heterocycles. The first-order chi connectivity index (χ1) is 11.7. The number of carbonyl (C=O) groups is 1. The number of fused-ring (bicyclic) bond motifs is 1. The Labute approximate surface area is 142 Å². The quantitative estimate of drug-likeness (QED) is 0.866. The summed E-state index contributed by atoms with van der Waals surface area (Å²) in [6, 6.07) is 5.28. The van der Waals surface area contributed by atoms with Gasteiger partial charge in [-0.05, 0) is 31.4 Å². The molecule has 0 radical (unpaired) electrons. The largest absolute Gasteiger partial charge is 0.448 e. The second kappa shape index (κ2) is 7.30. The van der Waals surface area contributed by atoms with Crippen molar-refractivity contribution in [2.24, 2.45) is 0 Å². The van der Waals surface area contributed by atoms with Gasteiger partial charge in [0.15, 0.2) is 11.5 Å². The van der Waals surface area contributed by atoms with Crippen LogP contribution in [0.15, 0.2) is 18.2 Å². The van der Waals surface area contributed by atoms with Gasteiger partial charge in [-0.15, -0.1) is 0 Å². The zero-order valence-corrected chi connectivity index (χ0v) is 14.2. The van der Waals surface area contributed by atoms with E-state index < -0.39 is 5.79 Å². The number of urea groups is 1. The summed E-state index contributed by atoms with van der Waals surface area (Å²) >= 11 is 0. The number of hydrogen-bond acceptors (Lipinski definition) is 4. The summed E-state index contributed by atoms with van der Waals surface area (Å²) in [5, 5.41) is 12.0. The van der Waals surface area contributed by atoms with Crippen molar-refractivity contribution in [3.63, 3.8) is 0 Å². The van der Waals surface area contributed by atoms with Gasteiger partial charge >= 0.3 is 6.03 Å². The van der Waals surface area contributed by atoms with Crippen LogP contribution < -0.4 is 14.8 Å². The Morgan fingerprint density at radius 2 is 1.96 bits per heavy atom. The number of anilines is 1. The summed E-state index contributed by atoms with van der Waals surface area (Å²) in [7, 11) is 0. The van der Waals surface area contributed by atoms with Crippen LogP contribution in [-0.2, 0) is 0 Å². The highest BCUT2D eigenvalue weighted by atomic mass is 16.7. The normalized spacial score (nSPS) is 17.8. The van der Waals surface area contributed by atoms with Gasteiger partial charge in [0.2, 0.25) is 0 Å². The molecule has 1 spiro atoms. The van der Waals surface area contributed by atoms with Gasteiger partial charge in [-0.1, -0.05) is 13.3 Å². The number of hydrogen-bond donors (Lipinski definition) is 2. The van der Waals surface area contributed by atoms with Crippen molar-refractivity contribution in [3.8, 4) is 11.5 Å². The second-order valence-electron chi connectivity index (χ2n) is 6.48. The van der Waals surface area contributed by atoms with Crippen LogP contribution in [0.1, 0.15) is 45.4 Å². The fourth-order valence-electron chi connectivity index (χ4n) is 3.37. The molecule has 6 nitrogen and oxygen atoms in total. The molecule has 24 heavy (non-hydrogen) atoms. The van der Waals surface area contributed by atoms with E-state index in [1.807, 2.05) is 25.1 Å². The van der Waals surface area contributed by atoms with Gasteiger partial charge in [-0.3, -0.25) is 0 Å². The first-order valence-corrected chi connectivity index (χ1v) is 8.85. The zero-order valence-electron chi connectivity index (χ0n) is 14.2. The van der Waals surface area contributed by atoms with Gasteiger partial charge < -0.3 is 24.8 Å². The maximum absolute atomic E-state index is 12.3. The number of nitrogens with one attached hydrogen (secondary N) is 1. The highest BCUT2D eigenvalue weighted by Gasteiger charge is 2.42. The van der Waals surface area contributed by atoms with Gasteiger partial charge in [0.25, 0.3) is 5.79 Å². The third-order valence-electron chi connectivity index (χ3n) is 4.55. The molecule has 1 aromatic carbocycles. The average Bonchev–Trinajstić information content (AvgIpc) is 2.91. The number of amides is 2. The van der Waals surface area contributed by atoms with E-state index >= 15 is 0 Å². The van der Waals surface area contributed by atoms with Gasteiger partial charge in [-0.25, -0.2) is 4.79 Å². The lowest BCUT2D eigenvalue weighted by Gasteiger charge is -2.31. The van der Waals surface area contributed by atoms with Gasteiger partial charge in [0.1, 0.15) is 0 Å². The van der Waals surface area contributed by atoms with Crippen LogP contribution in [0.2, 0.25) is 0 Å². The maximum atomic E-state index is 12.3. The predicted octanol–water partition coefficient (Wildman–Crippen LogP) is 3.35. The van der Waals surface area contributed by atoms with E-state index in [-0.39, 0.29) is 12.6 Å². The van der Waals surface area contributed by atoms with Crippen LogP contribution in [0, 0.1) is 0 Å². The molecule has 0 saturated heterocycles. The monoisotopic (exact) mass is 334 g/mol. The molecule has 132 valence electrons. The lowest BCUT2D eigenvalue weighted by Crippen LogP contribution is -2.40. The SMILES string of the molecule is CCCN(CCO)C(=O)Nc1ccc2c(c1)OC1(CCCCC1)O2. The predicted molar refractivity (Wildman–Crippen MR) is 91.5 cm³/mol. The van der Waals surface area contributed by atoms with E-state index in [2.05, 4.69) is 5.32 Å². The Hall–Kier alpha value is -1.95. The fraction of sp³-hybridized carbons (Fsp3) is 0.611. The van der Waals surface area contributed by atoms with Crippen molar-refractivity contribution < 1.29 is 19.4 Å². The molecule has 0 atom stereocenters. The topological polar surface area (TPSA) is 71.0 Å². The highest BCUT2D eigenvalue weighted by molar-refractivity contribution is 5.89. The Morgan fingerprint density at radius 3 is 2.67 bits per heavy atom. The molecular formula is C18H26N2O4. The van der Waals surface area contributed by atoms with Crippen molar-refractivity contribution in [1.29, 1.82) is 0 Å². The minimum atomic E-state index is -0.506. The molecule has 2 aliphatic rings. The van der Waals surface area contributed by atoms with E-state index in [0.29, 0.717) is 24.5 Å². The lowest BCUT2D eigenvalue weighted by atomic mass is 9.94. The summed E-state index contributed by atoms with van der Waals surface area (Å²) in [4.78, 5) is 13.9. The maximum Gasteiger partial charge on any atom is 0.321 e. The Bertz CT molecular complexity index is 578. The molecule has 3 rings (SSSR count). The number of carbonyl (C=O) groups excluding carboxylic acids is 1. The Balaban J connectivity index is 1.67. The number of benzene rings is 1. The number of aliphatic hydroxyl groups excluding tert-OH is 1. The average molecular weight is 334 g/mol. The molecule has 0 bridgehead atoms. The molecule has 0 aromatic heterocycles. The van der Waals surface area contributed by atoms with Crippen LogP contribution in [0.5, 0.6) is 11.5 Å². The van der Waals surface area contributed by atoms with Crippen molar-refractivity contribution >= 4 is 11.7 Å². The summed E-state index contributed by atoms with van der Waals surface area (Å²) < 4.78 is 12.1. The van der Waals surface area contributed by atoms with E-state index in [0.717, 1.165) is 37.9 Å².